The van der Waals surface area contributed by atoms with Crippen molar-refractivity contribution in [3.05, 3.63) is 21.2 Å². The van der Waals surface area contributed by atoms with Crippen LogP contribution in [-0.2, 0) is 16.6 Å². The van der Waals surface area contributed by atoms with Crippen LogP contribution in [-0.4, -0.2) is 50.7 Å². The molecule has 0 aromatic carbocycles. The van der Waals surface area contributed by atoms with Crippen LogP contribution in [0.3, 0.4) is 0 Å². The van der Waals surface area contributed by atoms with Crippen molar-refractivity contribution in [2.75, 3.05) is 19.7 Å². The number of imide groups is 1. The number of carbonyl (C=O) groups excluding carboxylic acids is 2. The fourth-order valence-corrected chi connectivity index (χ4v) is 4.86. The number of aromatic nitrogens is 2. The van der Waals surface area contributed by atoms with E-state index in [2.05, 4.69) is 10.2 Å². The van der Waals surface area contributed by atoms with Gasteiger partial charge in [0, 0.05) is 38.9 Å². The number of nitrogens with one attached hydrogen (secondary N) is 1. The van der Waals surface area contributed by atoms with E-state index in [1.54, 1.807) is 16.2 Å². The van der Waals surface area contributed by atoms with Gasteiger partial charge in [0.1, 0.15) is 6.04 Å². The molecule has 8 heteroatoms. The summed E-state index contributed by atoms with van der Waals surface area (Å²) >= 11 is 0. The molecule has 2 N–H and O–H groups in total. The molecule has 8 nitrogen and oxygen atoms in total. The van der Waals surface area contributed by atoms with Gasteiger partial charge in [0.25, 0.3) is 0 Å². The molecule has 2 fully saturated rings. The van der Waals surface area contributed by atoms with Crippen molar-refractivity contribution < 1.29 is 14.7 Å². The van der Waals surface area contributed by atoms with Crippen LogP contribution in [0.25, 0.3) is 11.8 Å². The van der Waals surface area contributed by atoms with Crippen LogP contribution in [0.2, 0.25) is 0 Å². The highest BCUT2D eigenvalue weighted by Crippen LogP contribution is 2.25. The number of nitrogens with zero attached hydrogens (tertiary/aromatic N) is 3. The van der Waals surface area contributed by atoms with Crippen LogP contribution >= 0.6 is 0 Å². The number of fused-ring (bicyclic) bond motifs is 1. The van der Waals surface area contributed by atoms with E-state index in [4.69, 9.17) is 0 Å². The zero-order valence-corrected chi connectivity index (χ0v) is 16.3. The zero-order valence-electron chi connectivity index (χ0n) is 16.3. The molecule has 0 spiro atoms. The second-order valence-corrected chi connectivity index (χ2v) is 8.04. The van der Waals surface area contributed by atoms with E-state index in [-0.39, 0.29) is 24.6 Å². The monoisotopic (exact) mass is 388 g/mol. The minimum Gasteiger partial charge on any atom is -0.396 e. The molecule has 2 saturated heterocycles. The topological polar surface area (TPSA) is 96.6 Å². The molecule has 4 rings (SSSR count). The maximum Gasteiger partial charge on any atom is 0.329 e. The molecule has 3 heterocycles. The molecule has 0 bridgehead atoms. The zero-order chi connectivity index (χ0) is 19.8. The summed E-state index contributed by atoms with van der Waals surface area (Å²) in [5, 5.41) is 13.3. The smallest absolute Gasteiger partial charge is 0.329 e. The highest BCUT2D eigenvalue weighted by molar-refractivity contribution is 5.99. The van der Waals surface area contributed by atoms with E-state index < -0.39 is 11.9 Å². The normalized spacial score (nSPS) is 23.4. The lowest BCUT2D eigenvalue weighted by Gasteiger charge is -2.35. The number of hydrogen-bond donors (Lipinski definition) is 2. The first kappa shape index (κ1) is 19.0. The molecule has 28 heavy (non-hydrogen) atoms. The Morgan fingerprint density at radius 1 is 1.14 bits per heavy atom. The molecule has 1 aliphatic carbocycles. The van der Waals surface area contributed by atoms with Gasteiger partial charge >= 0.3 is 5.69 Å². The van der Waals surface area contributed by atoms with Gasteiger partial charge in [-0.3, -0.25) is 24.0 Å². The van der Waals surface area contributed by atoms with Gasteiger partial charge in [-0.05, 0) is 44.4 Å². The van der Waals surface area contributed by atoms with Crippen LogP contribution in [0.5, 0.6) is 0 Å². The van der Waals surface area contributed by atoms with Gasteiger partial charge in [-0.2, -0.15) is 0 Å². The Balaban J connectivity index is 1.74. The average molecular weight is 388 g/mol. The lowest BCUT2D eigenvalue weighted by atomic mass is 9.93. The summed E-state index contributed by atoms with van der Waals surface area (Å²) in [7, 11) is 1.77. The quantitative estimate of drug-likeness (QED) is 0.641. The number of amides is 2. The molecule has 1 unspecified atom stereocenters. The van der Waals surface area contributed by atoms with Crippen molar-refractivity contribution in [2.45, 2.75) is 51.0 Å². The Morgan fingerprint density at radius 3 is 2.57 bits per heavy atom. The predicted octanol–water partition coefficient (Wildman–Crippen LogP) is -1.06. The Kier molecular flexibility index (Phi) is 5.14. The Bertz CT molecular complexity index is 966. The van der Waals surface area contributed by atoms with Crippen molar-refractivity contribution in [1.29, 1.82) is 0 Å². The van der Waals surface area contributed by atoms with Crippen molar-refractivity contribution in [1.82, 2.24) is 19.4 Å². The molecule has 0 radical (unpaired) electrons. The van der Waals surface area contributed by atoms with Crippen molar-refractivity contribution in [3.63, 3.8) is 0 Å². The summed E-state index contributed by atoms with van der Waals surface area (Å²) < 4.78 is 3.23. The highest BCUT2D eigenvalue weighted by atomic mass is 16.3. The molecule has 3 aliphatic rings. The van der Waals surface area contributed by atoms with Crippen LogP contribution in [0, 0.1) is 5.92 Å². The number of rotatable bonds is 4. The lowest BCUT2D eigenvalue weighted by molar-refractivity contribution is -0.135. The van der Waals surface area contributed by atoms with E-state index >= 15 is 0 Å². The third-order valence-corrected chi connectivity index (χ3v) is 6.38. The number of hydrogen-bond acceptors (Lipinski definition) is 5. The maximum atomic E-state index is 13.0. The second-order valence-electron chi connectivity index (χ2n) is 8.04. The summed E-state index contributed by atoms with van der Waals surface area (Å²) in [5.74, 6) is -0.105. The fourth-order valence-electron chi connectivity index (χ4n) is 4.86. The van der Waals surface area contributed by atoms with Crippen LogP contribution in [0.4, 0.5) is 0 Å². The molecule has 1 aromatic heterocycles. The first-order valence-corrected chi connectivity index (χ1v) is 10.2. The summed E-state index contributed by atoms with van der Waals surface area (Å²) in [4.78, 5) is 39.3. The summed E-state index contributed by atoms with van der Waals surface area (Å²) in [6.07, 6.45) is 7.31. The standard InChI is InChI=1S/C20H28N4O4/c1-22-18-14(23-10-7-13(8-11-23)9-12-25)3-2-4-15(18)24(20(22)28)16-5-6-17(26)21-19(16)27/h4,13,16,25H,2-3,5-12H2,1H3,(H,21,26,27). The Labute approximate surface area is 163 Å². The first-order valence-electron chi connectivity index (χ1n) is 10.2. The average Bonchev–Trinajstić information content (AvgIpc) is 2.94. The van der Waals surface area contributed by atoms with E-state index in [9.17, 15) is 19.5 Å². The number of likely N-dealkylation sites (tertiary alicyclic amines) is 1. The maximum absolute atomic E-state index is 13.0. The SMILES string of the molecule is Cn1c2c(n(C3CCC(=O)NC3=O)c1=O)=CCCC=2N1CCC(CCO)CC1. The number of imidazole rings is 1. The Morgan fingerprint density at radius 2 is 1.89 bits per heavy atom. The van der Waals surface area contributed by atoms with Gasteiger partial charge in [-0.1, -0.05) is 6.08 Å². The molecule has 1 atom stereocenters. The van der Waals surface area contributed by atoms with Crippen molar-refractivity contribution in [2.24, 2.45) is 13.0 Å². The number of piperidine rings is 2. The van der Waals surface area contributed by atoms with Gasteiger partial charge in [0.05, 0.1) is 10.7 Å². The highest BCUT2D eigenvalue weighted by Gasteiger charge is 2.32. The van der Waals surface area contributed by atoms with Crippen molar-refractivity contribution >= 4 is 23.6 Å². The molecule has 2 aliphatic heterocycles. The van der Waals surface area contributed by atoms with Gasteiger partial charge in [0.15, 0.2) is 0 Å². The van der Waals surface area contributed by atoms with E-state index in [1.807, 2.05) is 6.08 Å². The van der Waals surface area contributed by atoms with E-state index in [0.717, 1.165) is 55.9 Å². The van der Waals surface area contributed by atoms with E-state index in [0.29, 0.717) is 12.3 Å². The summed E-state index contributed by atoms with van der Waals surface area (Å²) in [6.45, 7) is 2.10. The number of aliphatic hydroxyl groups is 1. The number of aliphatic hydroxyl groups excluding tert-OH is 1. The Hall–Kier alpha value is -2.35. The minimum atomic E-state index is -0.633. The molecule has 2 amide bonds. The number of carbonyl (C=O) groups is 2. The molecule has 0 saturated carbocycles. The molecular weight excluding hydrogens is 360 g/mol. The molecular formula is C20H28N4O4. The predicted molar refractivity (Wildman–Crippen MR) is 103 cm³/mol. The van der Waals surface area contributed by atoms with Gasteiger partial charge < -0.3 is 10.0 Å². The lowest BCUT2D eigenvalue weighted by Crippen LogP contribution is -2.48. The van der Waals surface area contributed by atoms with Gasteiger partial charge in [-0.25, -0.2) is 4.79 Å². The van der Waals surface area contributed by atoms with Gasteiger partial charge in [0.2, 0.25) is 11.8 Å². The van der Waals surface area contributed by atoms with Gasteiger partial charge in [-0.15, -0.1) is 0 Å². The molecule has 152 valence electrons. The largest absolute Gasteiger partial charge is 0.396 e. The van der Waals surface area contributed by atoms with Crippen LogP contribution in [0.1, 0.15) is 51.0 Å². The minimum absolute atomic E-state index is 0.203. The third kappa shape index (κ3) is 3.19. The van der Waals surface area contributed by atoms with E-state index in [1.165, 1.54) is 5.70 Å². The first-order chi connectivity index (χ1) is 13.5. The second kappa shape index (κ2) is 7.58. The summed E-state index contributed by atoms with van der Waals surface area (Å²) in [6, 6.07) is -0.633. The summed E-state index contributed by atoms with van der Waals surface area (Å²) in [5.41, 5.74) is 0.968. The third-order valence-electron chi connectivity index (χ3n) is 6.38. The molecule has 1 aromatic rings. The van der Waals surface area contributed by atoms with Crippen molar-refractivity contribution in [3.8, 4) is 0 Å². The van der Waals surface area contributed by atoms with Crippen LogP contribution in [0.15, 0.2) is 4.79 Å². The fraction of sp³-hybridized carbons (Fsp3) is 0.650. The van der Waals surface area contributed by atoms with Crippen LogP contribution < -0.4 is 21.7 Å².